The lowest BCUT2D eigenvalue weighted by molar-refractivity contribution is -0.125. The molecule has 6 nitrogen and oxygen atoms in total. The first-order chi connectivity index (χ1) is 7.63. The second-order valence-electron chi connectivity index (χ2n) is 3.29. The van der Waals surface area contributed by atoms with Gasteiger partial charge in [0.25, 0.3) is 0 Å². The monoisotopic (exact) mass is 224 g/mol. The number of carbonyl (C=O) groups is 1. The summed E-state index contributed by atoms with van der Waals surface area (Å²) < 4.78 is 0. The molecular weight excluding hydrogens is 208 g/mol. The fourth-order valence-electron chi connectivity index (χ4n) is 1.15. The number of aromatic nitrogens is 1. The van der Waals surface area contributed by atoms with E-state index in [1.807, 2.05) is 13.0 Å². The average Bonchev–Trinajstić information content (AvgIpc) is 2.26. The number of nitrogens with two attached hydrogens (primary N) is 1. The smallest absolute Gasteiger partial charge is 0.248 e. The highest BCUT2D eigenvalue weighted by atomic mass is 16.3. The Labute approximate surface area is 93.9 Å². The molecule has 1 unspecified atom stereocenters. The molecule has 1 aromatic rings. The van der Waals surface area contributed by atoms with Crippen LogP contribution in [0.3, 0.4) is 0 Å². The van der Waals surface area contributed by atoms with Crippen LogP contribution < -0.4 is 16.4 Å². The number of anilines is 2. The normalized spacial score (nSPS) is 11.9. The van der Waals surface area contributed by atoms with Crippen molar-refractivity contribution in [2.45, 2.75) is 13.0 Å². The summed E-state index contributed by atoms with van der Waals surface area (Å²) in [5, 5.41) is 15.2. The second-order valence-corrected chi connectivity index (χ2v) is 3.29. The summed E-state index contributed by atoms with van der Waals surface area (Å²) in [5.74, 6) is -0.747. The number of hydrogen-bond acceptors (Lipinski definition) is 5. The maximum atomic E-state index is 10.6. The number of aliphatic hydroxyl groups excluding tert-OH is 1. The van der Waals surface area contributed by atoms with Crippen LogP contribution in [0.4, 0.5) is 11.4 Å². The van der Waals surface area contributed by atoms with Crippen LogP contribution in [0.25, 0.3) is 0 Å². The first-order valence-corrected chi connectivity index (χ1v) is 5.03. The molecule has 1 atom stereocenters. The molecule has 1 amide bonds. The molecule has 0 fully saturated rings. The zero-order valence-electron chi connectivity index (χ0n) is 9.10. The number of nitrogens with zero attached hydrogens (tertiary/aromatic N) is 1. The Hall–Kier alpha value is -1.82. The Kier molecular flexibility index (Phi) is 4.53. The minimum Gasteiger partial charge on any atom is -0.384 e. The quantitative estimate of drug-likeness (QED) is 0.535. The van der Waals surface area contributed by atoms with Gasteiger partial charge in [-0.1, -0.05) is 0 Å². The summed E-state index contributed by atoms with van der Waals surface area (Å²) in [5.41, 5.74) is 6.52. The number of nitrogens with one attached hydrogen (secondary N) is 2. The van der Waals surface area contributed by atoms with E-state index in [0.717, 1.165) is 17.9 Å². The van der Waals surface area contributed by atoms with Gasteiger partial charge >= 0.3 is 0 Å². The number of amides is 1. The number of carbonyl (C=O) groups excluding carboxylic acids is 1. The molecule has 0 radical (unpaired) electrons. The van der Waals surface area contributed by atoms with Crippen molar-refractivity contribution in [2.75, 3.05) is 23.7 Å². The van der Waals surface area contributed by atoms with E-state index in [9.17, 15) is 9.90 Å². The van der Waals surface area contributed by atoms with Gasteiger partial charge in [0.05, 0.1) is 23.8 Å². The lowest BCUT2D eigenvalue weighted by atomic mass is 10.3. The molecule has 88 valence electrons. The number of rotatable bonds is 6. The molecule has 0 saturated carbocycles. The maximum Gasteiger partial charge on any atom is 0.248 e. The predicted octanol–water partition coefficient (Wildman–Crippen LogP) is -0.229. The van der Waals surface area contributed by atoms with Crippen LogP contribution >= 0.6 is 0 Å². The molecule has 1 rings (SSSR count). The minimum atomic E-state index is -1.19. The molecule has 0 spiro atoms. The molecule has 6 heteroatoms. The van der Waals surface area contributed by atoms with Gasteiger partial charge in [0.15, 0.2) is 0 Å². The molecule has 0 aromatic carbocycles. The predicted molar refractivity (Wildman–Crippen MR) is 62.1 cm³/mol. The van der Waals surface area contributed by atoms with E-state index < -0.39 is 12.0 Å². The van der Waals surface area contributed by atoms with Gasteiger partial charge in [-0.15, -0.1) is 0 Å². The maximum absolute atomic E-state index is 10.6. The first kappa shape index (κ1) is 12.3. The van der Waals surface area contributed by atoms with Crippen molar-refractivity contribution in [1.82, 2.24) is 4.98 Å². The van der Waals surface area contributed by atoms with Crippen molar-refractivity contribution in [3.8, 4) is 0 Å². The summed E-state index contributed by atoms with van der Waals surface area (Å²) >= 11 is 0. The molecule has 0 aliphatic rings. The number of hydrogen-bond donors (Lipinski definition) is 4. The molecular formula is C10H16N4O2. The molecule has 0 aliphatic heterocycles. The fraction of sp³-hybridized carbons (Fsp3) is 0.400. The highest BCUT2D eigenvalue weighted by Crippen LogP contribution is 2.12. The zero-order chi connectivity index (χ0) is 12.0. The van der Waals surface area contributed by atoms with Crippen LogP contribution in [0, 0.1) is 0 Å². The largest absolute Gasteiger partial charge is 0.384 e. The summed E-state index contributed by atoms with van der Waals surface area (Å²) in [6, 6.07) is 1.84. The van der Waals surface area contributed by atoms with Crippen LogP contribution in [-0.4, -0.2) is 35.2 Å². The van der Waals surface area contributed by atoms with Crippen molar-refractivity contribution in [2.24, 2.45) is 5.73 Å². The third kappa shape index (κ3) is 3.74. The third-order valence-electron chi connectivity index (χ3n) is 1.95. The van der Waals surface area contributed by atoms with Crippen molar-refractivity contribution >= 4 is 17.3 Å². The third-order valence-corrected chi connectivity index (χ3v) is 1.95. The topological polar surface area (TPSA) is 100 Å². The van der Waals surface area contributed by atoms with Gasteiger partial charge in [0, 0.05) is 13.1 Å². The fourth-order valence-corrected chi connectivity index (χ4v) is 1.15. The Bertz CT molecular complexity index is 356. The Morgan fingerprint density at radius 2 is 2.12 bits per heavy atom. The highest BCUT2D eigenvalue weighted by molar-refractivity contribution is 5.79. The highest BCUT2D eigenvalue weighted by Gasteiger charge is 2.09. The summed E-state index contributed by atoms with van der Waals surface area (Å²) in [6.07, 6.45) is 2.11. The van der Waals surface area contributed by atoms with Crippen molar-refractivity contribution in [3.63, 3.8) is 0 Å². The van der Waals surface area contributed by atoms with Gasteiger partial charge in [0.1, 0.15) is 6.10 Å². The van der Waals surface area contributed by atoms with E-state index in [1.54, 1.807) is 12.4 Å². The molecule has 0 aliphatic carbocycles. The van der Waals surface area contributed by atoms with Crippen LogP contribution in [0.5, 0.6) is 0 Å². The van der Waals surface area contributed by atoms with Gasteiger partial charge in [0.2, 0.25) is 5.91 Å². The van der Waals surface area contributed by atoms with Gasteiger partial charge in [-0.05, 0) is 13.0 Å². The molecule has 16 heavy (non-hydrogen) atoms. The first-order valence-electron chi connectivity index (χ1n) is 5.03. The molecule has 1 heterocycles. The molecule has 0 bridgehead atoms. The van der Waals surface area contributed by atoms with Gasteiger partial charge < -0.3 is 21.5 Å². The molecule has 0 saturated heterocycles. The minimum absolute atomic E-state index is 0.0760. The molecule has 5 N–H and O–H groups in total. The van der Waals surface area contributed by atoms with E-state index in [2.05, 4.69) is 15.6 Å². The Morgan fingerprint density at radius 1 is 1.50 bits per heavy atom. The summed E-state index contributed by atoms with van der Waals surface area (Å²) in [7, 11) is 0. The van der Waals surface area contributed by atoms with E-state index in [1.165, 1.54) is 0 Å². The van der Waals surface area contributed by atoms with Crippen LogP contribution in [0.15, 0.2) is 18.5 Å². The van der Waals surface area contributed by atoms with Crippen molar-refractivity contribution in [3.05, 3.63) is 18.5 Å². The van der Waals surface area contributed by atoms with Gasteiger partial charge in [-0.25, -0.2) is 0 Å². The zero-order valence-corrected chi connectivity index (χ0v) is 9.10. The summed E-state index contributed by atoms with van der Waals surface area (Å²) in [6.45, 7) is 2.86. The van der Waals surface area contributed by atoms with Gasteiger partial charge in [-0.2, -0.15) is 0 Å². The number of aliphatic hydroxyl groups is 1. The Balaban J connectivity index is 2.53. The van der Waals surface area contributed by atoms with Crippen molar-refractivity contribution in [1.29, 1.82) is 0 Å². The standard InChI is InChI=1S/C10H16N4O2/c1-2-13-7-3-8(5-12-4-7)14-6-9(15)10(11)16/h3-5,9,13-15H,2,6H2,1H3,(H2,11,16). The van der Waals surface area contributed by atoms with Crippen LogP contribution in [-0.2, 0) is 4.79 Å². The molecule has 1 aromatic heterocycles. The van der Waals surface area contributed by atoms with E-state index >= 15 is 0 Å². The number of pyridine rings is 1. The Morgan fingerprint density at radius 3 is 2.69 bits per heavy atom. The van der Waals surface area contributed by atoms with Gasteiger partial charge in [-0.3, -0.25) is 9.78 Å². The van der Waals surface area contributed by atoms with E-state index in [-0.39, 0.29) is 6.54 Å². The lowest BCUT2D eigenvalue weighted by Gasteiger charge is -2.10. The SMILES string of the molecule is CCNc1cncc(NCC(O)C(N)=O)c1. The average molecular weight is 224 g/mol. The second kappa shape index (κ2) is 5.92. The van der Waals surface area contributed by atoms with Crippen molar-refractivity contribution < 1.29 is 9.90 Å². The summed E-state index contributed by atoms with van der Waals surface area (Å²) in [4.78, 5) is 14.6. The van der Waals surface area contributed by atoms with Crippen LogP contribution in [0.2, 0.25) is 0 Å². The lowest BCUT2D eigenvalue weighted by Crippen LogP contribution is -2.34. The number of primary amides is 1. The van der Waals surface area contributed by atoms with Crippen LogP contribution in [0.1, 0.15) is 6.92 Å². The van der Waals surface area contributed by atoms with E-state index in [0.29, 0.717) is 0 Å². The van der Waals surface area contributed by atoms with E-state index in [4.69, 9.17) is 5.73 Å².